The molecular weight excluding hydrogens is 216 g/mol. The van der Waals surface area contributed by atoms with E-state index in [0.717, 1.165) is 11.5 Å². The standard InChI is InChI=1S/C13H14N2O2/c1-10-5-6-12(17-10)13(16)15-9-7-11-4-2-3-8-14-11/h2-6,8H,7,9H2,1H3,(H,15,16). The minimum Gasteiger partial charge on any atom is -0.456 e. The fraction of sp³-hybridized carbons (Fsp3) is 0.231. The second-order valence-electron chi connectivity index (χ2n) is 3.74. The van der Waals surface area contributed by atoms with Crippen LogP contribution in [0.15, 0.2) is 40.9 Å². The molecule has 0 atom stereocenters. The summed E-state index contributed by atoms with van der Waals surface area (Å²) in [5.41, 5.74) is 0.962. The van der Waals surface area contributed by atoms with E-state index in [1.54, 1.807) is 18.3 Å². The third-order valence-corrected chi connectivity index (χ3v) is 2.36. The normalized spacial score (nSPS) is 10.2. The highest BCUT2D eigenvalue weighted by Gasteiger charge is 2.08. The number of rotatable bonds is 4. The lowest BCUT2D eigenvalue weighted by Crippen LogP contribution is -2.25. The van der Waals surface area contributed by atoms with E-state index in [1.807, 2.05) is 25.1 Å². The van der Waals surface area contributed by atoms with Crippen LogP contribution in [0, 0.1) is 6.92 Å². The van der Waals surface area contributed by atoms with E-state index >= 15 is 0 Å². The predicted molar refractivity (Wildman–Crippen MR) is 63.7 cm³/mol. The summed E-state index contributed by atoms with van der Waals surface area (Å²) >= 11 is 0. The first-order valence-corrected chi connectivity index (χ1v) is 5.50. The van der Waals surface area contributed by atoms with Crippen molar-refractivity contribution in [3.05, 3.63) is 53.7 Å². The van der Waals surface area contributed by atoms with Gasteiger partial charge >= 0.3 is 0 Å². The summed E-state index contributed by atoms with van der Waals surface area (Å²) in [5, 5.41) is 2.79. The fourth-order valence-electron chi connectivity index (χ4n) is 1.49. The number of nitrogens with one attached hydrogen (secondary N) is 1. The molecule has 0 spiro atoms. The quantitative estimate of drug-likeness (QED) is 0.873. The topological polar surface area (TPSA) is 55.1 Å². The van der Waals surface area contributed by atoms with Crippen LogP contribution < -0.4 is 5.32 Å². The van der Waals surface area contributed by atoms with Crippen LogP contribution in [-0.4, -0.2) is 17.4 Å². The van der Waals surface area contributed by atoms with Crippen LogP contribution in [0.5, 0.6) is 0 Å². The first kappa shape index (κ1) is 11.4. The maximum absolute atomic E-state index is 11.6. The summed E-state index contributed by atoms with van der Waals surface area (Å²) in [5.74, 6) is 0.900. The van der Waals surface area contributed by atoms with Crippen molar-refractivity contribution in [3.63, 3.8) is 0 Å². The molecule has 2 rings (SSSR count). The van der Waals surface area contributed by atoms with E-state index in [9.17, 15) is 4.79 Å². The van der Waals surface area contributed by atoms with Gasteiger partial charge in [-0.1, -0.05) is 6.07 Å². The summed E-state index contributed by atoms with van der Waals surface area (Å²) in [7, 11) is 0. The number of nitrogens with zero attached hydrogens (tertiary/aromatic N) is 1. The molecule has 0 unspecified atom stereocenters. The molecule has 2 aromatic rings. The van der Waals surface area contributed by atoms with Gasteiger partial charge in [-0.15, -0.1) is 0 Å². The van der Waals surface area contributed by atoms with Gasteiger partial charge in [0, 0.05) is 24.9 Å². The minimum absolute atomic E-state index is 0.186. The Morgan fingerprint density at radius 3 is 2.88 bits per heavy atom. The number of aryl methyl sites for hydroxylation is 1. The van der Waals surface area contributed by atoms with Gasteiger partial charge in [0.2, 0.25) is 0 Å². The van der Waals surface area contributed by atoms with Crippen molar-refractivity contribution < 1.29 is 9.21 Å². The monoisotopic (exact) mass is 230 g/mol. The van der Waals surface area contributed by atoms with Gasteiger partial charge in [-0.05, 0) is 31.2 Å². The number of carbonyl (C=O) groups is 1. The molecule has 0 radical (unpaired) electrons. The minimum atomic E-state index is -0.186. The van der Waals surface area contributed by atoms with Crippen LogP contribution in [0.25, 0.3) is 0 Å². The van der Waals surface area contributed by atoms with E-state index in [-0.39, 0.29) is 5.91 Å². The number of aromatic nitrogens is 1. The summed E-state index contributed by atoms with van der Waals surface area (Å²) < 4.78 is 5.22. The van der Waals surface area contributed by atoms with Gasteiger partial charge < -0.3 is 9.73 Å². The summed E-state index contributed by atoms with van der Waals surface area (Å²) in [4.78, 5) is 15.8. The van der Waals surface area contributed by atoms with Crippen LogP contribution in [0.3, 0.4) is 0 Å². The Labute approximate surface area is 99.7 Å². The van der Waals surface area contributed by atoms with Gasteiger partial charge in [0.1, 0.15) is 5.76 Å². The van der Waals surface area contributed by atoms with Crippen molar-refractivity contribution >= 4 is 5.91 Å². The molecule has 0 bridgehead atoms. The molecule has 2 heterocycles. The largest absolute Gasteiger partial charge is 0.456 e. The lowest BCUT2D eigenvalue weighted by atomic mass is 10.2. The Bertz CT molecular complexity index is 491. The number of carbonyl (C=O) groups excluding carboxylic acids is 1. The SMILES string of the molecule is Cc1ccc(C(=O)NCCc2ccccn2)o1. The molecule has 1 amide bonds. The smallest absolute Gasteiger partial charge is 0.287 e. The lowest BCUT2D eigenvalue weighted by molar-refractivity contribution is 0.0925. The van der Waals surface area contributed by atoms with Gasteiger partial charge in [0.15, 0.2) is 5.76 Å². The Hall–Kier alpha value is -2.10. The molecule has 0 aliphatic heterocycles. The van der Waals surface area contributed by atoms with E-state index in [0.29, 0.717) is 18.7 Å². The van der Waals surface area contributed by atoms with Crippen molar-refractivity contribution in [2.24, 2.45) is 0 Å². The van der Waals surface area contributed by atoms with Crippen molar-refractivity contribution in [1.29, 1.82) is 0 Å². The van der Waals surface area contributed by atoms with Gasteiger partial charge in [0.05, 0.1) is 0 Å². The third-order valence-electron chi connectivity index (χ3n) is 2.36. The van der Waals surface area contributed by atoms with Crippen molar-refractivity contribution in [2.75, 3.05) is 6.54 Å². The molecule has 0 saturated heterocycles. The lowest BCUT2D eigenvalue weighted by Gasteiger charge is -2.02. The molecule has 0 aliphatic rings. The highest BCUT2D eigenvalue weighted by atomic mass is 16.3. The molecule has 0 saturated carbocycles. The summed E-state index contributed by atoms with van der Waals surface area (Å²) in [6.45, 7) is 2.36. The zero-order valence-corrected chi connectivity index (χ0v) is 9.64. The van der Waals surface area contributed by atoms with E-state index in [4.69, 9.17) is 4.42 Å². The van der Waals surface area contributed by atoms with Gasteiger partial charge in [-0.2, -0.15) is 0 Å². The predicted octanol–water partition coefficient (Wildman–Crippen LogP) is 1.96. The Morgan fingerprint density at radius 2 is 2.24 bits per heavy atom. The number of pyridine rings is 1. The maximum Gasteiger partial charge on any atom is 0.287 e. The van der Waals surface area contributed by atoms with Crippen LogP contribution in [0.4, 0.5) is 0 Å². The number of hydrogen-bond donors (Lipinski definition) is 1. The highest BCUT2D eigenvalue weighted by Crippen LogP contribution is 2.05. The highest BCUT2D eigenvalue weighted by molar-refractivity contribution is 5.91. The van der Waals surface area contributed by atoms with Gasteiger partial charge in [-0.25, -0.2) is 0 Å². The maximum atomic E-state index is 11.6. The second-order valence-corrected chi connectivity index (χ2v) is 3.74. The Morgan fingerprint density at radius 1 is 1.35 bits per heavy atom. The Kier molecular flexibility index (Phi) is 3.55. The molecule has 88 valence electrons. The zero-order chi connectivity index (χ0) is 12.1. The molecule has 0 fully saturated rings. The van der Waals surface area contributed by atoms with Crippen LogP contribution in [0.1, 0.15) is 22.0 Å². The molecular formula is C13H14N2O2. The van der Waals surface area contributed by atoms with Crippen molar-refractivity contribution in [2.45, 2.75) is 13.3 Å². The van der Waals surface area contributed by atoms with E-state index < -0.39 is 0 Å². The molecule has 1 N–H and O–H groups in total. The van der Waals surface area contributed by atoms with Crippen molar-refractivity contribution in [3.8, 4) is 0 Å². The summed E-state index contributed by atoms with van der Waals surface area (Å²) in [6, 6.07) is 9.18. The zero-order valence-electron chi connectivity index (χ0n) is 9.64. The second kappa shape index (κ2) is 5.30. The van der Waals surface area contributed by atoms with Gasteiger partial charge in [-0.3, -0.25) is 9.78 Å². The van der Waals surface area contributed by atoms with E-state index in [1.165, 1.54) is 0 Å². The molecule has 2 aromatic heterocycles. The average molecular weight is 230 g/mol. The molecule has 17 heavy (non-hydrogen) atoms. The van der Waals surface area contributed by atoms with Gasteiger partial charge in [0.25, 0.3) is 5.91 Å². The van der Waals surface area contributed by atoms with Crippen molar-refractivity contribution in [1.82, 2.24) is 10.3 Å². The van der Waals surface area contributed by atoms with Crippen LogP contribution in [-0.2, 0) is 6.42 Å². The molecule has 0 aromatic carbocycles. The average Bonchev–Trinajstić information content (AvgIpc) is 2.77. The molecule has 4 nitrogen and oxygen atoms in total. The van der Waals surface area contributed by atoms with Crippen LogP contribution >= 0.6 is 0 Å². The number of hydrogen-bond acceptors (Lipinski definition) is 3. The third kappa shape index (κ3) is 3.17. The van der Waals surface area contributed by atoms with E-state index in [2.05, 4.69) is 10.3 Å². The number of amides is 1. The first-order valence-electron chi connectivity index (χ1n) is 5.50. The Balaban J connectivity index is 1.81. The van der Waals surface area contributed by atoms with Crippen LogP contribution in [0.2, 0.25) is 0 Å². The number of furan rings is 1. The fourth-order valence-corrected chi connectivity index (χ4v) is 1.49. The molecule has 0 aliphatic carbocycles. The summed E-state index contributed by atoms with van der Waals surface area (Å²) in [6.07, 6.45) is 2.46. The first-order chi connectivity index (χ1) is 8.25. The molecule has 4 heteroatoms.